The van der Waals surface area contributed by atoms with E-state index in [4.69, 9.17) is 30.5 Å². The van der Waals surface area contributed by atoms with Crippen molar-refractivity contribution in [1.82, 2.24) is 0 Å². The molecule has 0 aliphatic heterocycles. The van der Waals surface area contributed by atoms with E-state index in [1.807, 2.05) is 20.8 Å². The summed E-state index contributed by atoms with van der Waals surface area (Å²) in [5, 5.41) is 11.2. The molecule has 1 atom stereocenters. The number of anilines is 1. The molecule has 34 heavy (non-hydrogen) atoms. The second kappa shape index (κ2) is 13.4. The van der Waals surface area contributed by atoms with Crippen molar-refractivity contribution in [3.8, 4) is 23.0 Å². The lowest BCUT2D eigenvalue weighted by molar-refractivity contribution is -0.126. The average molecular weight is 492 g/mol. The Bertz CT molecular complexity index is 1000. The first-order valence-corrected chi connectivity index (χ1v) is 11.4. The van der Waals surface area contributed by atoms with Gasteiger partial charge < -0.3 is 24.3 Å². The van der Waals surface area contributed by atoms with Gasteiger partial charge in [-0.3, -0.25) is 9.59 Å². The highest BCUT2D eigenvalue weighted by Gasteiger charge is 2.26. The number of nitrogens with one attached hydrogen (secondary N) is 1. The van der Waals surface area contributed by atoms with E-state index in [0.29, 0.717) is 60.1 Å². The summed E-state index contributed by atoms with van der Waals surface area (Å²) in [6.07, 6.45) is 0. The van der Waals surface area contributed by atoms with Crippen LogP contribution in [-0.4, -0.2) is 44.2 Å². The number of carbonyl (C=O) groups excluding carboxylic acids is 2. The van der Waals surface area contributed by atoms with Crippen LogP contribution in [0.5, 0.6) is 23.0 Å². The maximum atomic E-state index is 13.0. The third-order valence-corrected chi connectivity index (χ3v) is 4.55. The molecule has 1 N–H and O–H groups in total. The number of halogens is 1. The monoisotopic (exact) mass is 491 g/mol. The molecule has 184 valence electrons. The Hall–Kier alpha value is -3.33. The first-order valence-electron chi connectivity index (χ1n) is 11.1. The molecule has 0 spiro atoms. The van der Waals surface area contributed by atoms with Crippen molar-refractivity contribution in [1.29, 1.82) is 0 Å². The second-order valence-corrected chi connectivity index (χ2v) is 7.27. The van der Waals surface area contributed by atoms with Crippen LogP contribution in [0.15, 0.2) is 40.6 Å². The summed E-state index contributed by atoms with van der Waals surface area (Å²) in [4.78, 5) is 25.4. The van der Waals surface area contributed by atoms with Crippen LogP contribution in [0, 0.1) is 0 Å². The zero-order valence-corrected chi connectivity index (χ0v) is 20.8. The second-order valence-electron chi connectivity index (χ2n) is 6.83. The van der Waals surface area contributed by atoms with E-state index in [1.54, 1.807) is 31.2 Å². The summed E-state index contributed by atoms with van der Waals surface area (Å²) in [5.74, 6) is 0.332. The van der Waals surface area contributed by atoms with Crippen LogP contribution in [-0.2, 0) is 9.59 Å². The van der Waals surface area contributed by atoms with E-state index >= 15 is 0 Å². The van der Waals surface area contributed by atoms with Crippen molar-refractivity contribution in [3.63, 3.8) is 0 Å². The first-order chi connectivity index (χ1) is 16.4. The molecular formula is C24H30ClN3O6. The topological polar surface area (TPSA) is 108 Å². The molecule has 0 saturated heterocycles. The quantitative estimate of drug-likeness (QED) is 0.288. The van der Waals surface area contributed by atoms with Crippen molar-refractivity contribution in [2.45, 2.75) is 40.7 Å². The van der Waals surface area contributed by atoms with Gasteiger partial charge in [0.25, 0.3) is 5.91 Å². The molecule has 0 bridgehead atoms. The highest BCUT2D eigenvalue weighted by Crippen LogP contribution is 2.40. The number of hydrogen-bond donors (Lipinski definition) is 1. The molecule has 1 amide bonds. The Balaban J connectivity index is 2.40. The fourth-order valence-corrected chi connectivity index (χ4v) is 3.21. The Morgan fingerprint density at radius 2 is 1.47 bits per heavy atom. The van der Waals surface area contributed by atoms with Crippen LogP contribution >= 0.6 is 11.6 Å². The summed E-state index contributed by atoms with van der Waals surface area (Å²) < 4.78 is 22.4. The van der Waals surface area contributed by atoms with Crippen molar-refractivity contribution in [2.24, 2.45) is 10.2 Å². The number of rotatable bonds is 13. The number of benzene rings is 2. The minimum Gasteiger partial charge on any atom is -0.491 e. The molecule has 0 heterocycles. The van der Waals surface area contributed by atoms with Gasteiger partial charge in [-0.05, 0) is 52.8 Å². The van der Waals surface area contributed by atoms with Crippen molar-refractivity contribution in [3.05, 3.63) is 35.4 Å². The standard InChI is InChI=1S/C24H30ClN3O6/c1-6-31-18-11-10-12-19(32-7-2)22(18)28-27-21(15(5)29)24(30)26-17-13-16(25)14-20(33-8-3)23(17)34-9-4/h10-14,21H,6-9H2,1-5H3,(H,26,30). The molecule has 0 aliphatic carbocycles. The van der Waals surface area contributed by atoms with Gasteiger partial charge in [0.15, 0.2) is 34.5 Å². The number of ether oxygens (including phenoxy) is 4. The van der Waals surface area contributed by atoms with Gasteiger partial charge in [-0.25, -0.2) is 0 Å². The summed E-state index contributed by atoms with van der Waals surface area (Å²) in [5.41, 5.74) is 0.551. The number of amides is 1. The normalized spacial score (nSPS) is 11.7. The van der Waals surface area contributed by atoms with Gasteiger partial charge in [-0.2, -0.15) is 5.11 Å². The van der Waals surface area contributed by atoms with Gasteiger partial charge >= 0.3 is 0 Å². The van der Waals surface area contributed by atoms with Crippen LogP contribution in [0.1, 0.15) is 34.6 Å². The number of hydrogen-bond acceptors (Lipinski definition) is 8. The molecule has 2 aromatic rings. The van der Waals surface area contributed by atoms with Crippen LogP contribution in [0.2, 0.25) is 5.02 Å². The maximum absolute atomic E-state index is 13.0. The van der Waals surface area contributed by atoms with Gasteiger partial charge in [0.1, 0.15) is 0 Å². The lowest BCUT2D eigenvalue weighted by atomic mass is 10.2. The molecule has 10 heteroatoms. The lowest BCUT2D eigenvalue weighted by Crippen LogP contribution is -2.32. The van der Waals surface area contributed by atoms with E-state index in [-0.39, 0.29) is 5.69 Å². The number of azo groups is 1. The average Bonchev–Trinajstić information content (AvgIpc) is 2.78. The Labute approximate surface area is 204 Å². The molecule has 2 rings (SSSR count). The van der Waals surface area contributed by atoms with Crippen LogP contribution in [0.4, 0.5) is 11.4 Å². The largest absolute Gasteiger partial charge is 0.491 e. The summed E-state index contributed by atoms with van der Waals surface area (Å²) >= 11 is 6.20. The van der Waals surface area contributed by atoms with Gasteiger partial charge in [0, 0.05) is 11.1 Å². The molecule has 0 fully saturated rings. The number of ketones is 1. The van der Waals surface area contributed by atoms with Gasteiger partial charge in [0.05, 0.1) is 32.1 Å². The fourth-order valence-electron chi connectivity index (χ4n) is 3.00. The molecule has 1 unspecified atom stereocenters. The molecule has 9 nitrogen and oxygen atoms in total. The van der Waals surface area contributed by atoms with Crippen LogP contribution in [0.25, 0.3) is 0 Å². The van der Waals surface area contributed by atoms with Crippen molar-refractivity contribution >= 4 is 34.7 Å². The minimum absolute atomic E-state index is 0.258. The summed E-state index contributed by atoms with van der Waals surface area (Å²) in [6, 6.07) is 6.85. The third-order valence-electron chi connectivity index (χ3n) is 4.33. The molecule has 2 aromatic carbocycles. The highest BCUT2D eigenvalue weighted by atomic mass is 35.5. The van der Waals surface area contributed by atoms with E-state index in [9.17, 15) is 9.59 Å². The van der Waals surface area contributed by atoms with Gasteiger partial charge in [-0.15, -0.1) is 5.11 Å². The number of carbonyl (C=O) groups is 2. The van der Waals surface area contributed by atoms with Crippen molar-refractivity contribution in [2.75, 3.05) is 31.7 Å². The highest BCUT2D eigenvalue weighted by molar-refractivity contribution is 6.31. The molecular weight excluding hydrogens is 462 g/mol. The predicted octanol–water partition coefficient (Wildman–Crippen LogP) is 5.61. The lowest BCUT2D eigenvalue weighted by Gasteiger charge is -2.17. The Kier molecular flexibility index (Phi) is 10.6. The van der Waals surface area contributed by atoms with Crippen LogP contribution in [0.3, 0.4) is 0 Å². The molecule has 0 aliphatic rings. The van der Waals surface area contributed by atoms with Crippen molar-refractivity contribution < 1.29 is 28.5 Å². The SMILES string of the molecule is CCOc1cccc(OCC)c1N=NC(C(C)=O)C(=O)Nc1cc(Cl)cc(OCC)c1OCC. The first kappa shape index (κ1) is 26.9. The summed E-state index contributed by atoms with van der Waals surface area (Å²) in [6.45, 7) is 10.0. The fraction of sp³-hybridized carbons (Fsp3) is 0.417. The smallest absolute Gasteiger partial charge is 0.258 e. The number of Topliss-reactive ketones (excluding diaryl/α,β-unsaturated/α-hetero) is 1. The molecule has 0 aromatic heterocycles. The van der Waals surface area contributed by atoms with E-state index < -0.39 is 17.7 Å². The number of nitrogens with zero attached hydrogens (tertiary/aromatic N) is 2. The maximum Gasteiger partial charge on any atom is 0.258 e. The molecule has 0 radical (unpaired) electrons. The third kappa shape index (κ3) is 7.08. The Morgan fingerprint density at radius 1 is 0.912 bits per heavy atom. The van der Waals surface area contributed by atoms with E-state index in [1.165, 1.54) is 13.0 Å². The van der Waals surface area contributed by atoms with Gasteiger partial charge in [-0.1, -0.05) is 17.7 Å². The zero-order valence-electron chi connectivity index (χ0n) is 20.0. The predicted molar refractivity (Wildman–Crippen MR) is 130 cm³/mol. The van der Waals surface area contributed by atoms with Crippen LogP contribution < -0.4 is 24.3 Å². The molecule has 0 saturated carbocycles. The van der Waals surface area contributed by atoms with E-state index in [0.717, 1.165) is 0 Å². The summed E-state index contributed by atoms with van der Waals surface area (Å²) in [7, 11) is 0. The van der Waals surface area contributed by atoms with Gasteiger partial charge in [0.2, 0.25) is 6.04 Å². The van der Waals surface area contributed by atoms with E-state index in [2.05, 4.69) is 15.5 Å². The Morgan fingerprint density at radius 3 is 2.00 bits per heavy atom. The zero-order chi connectivity index (χ0) is 25.1. The minimum atomic E-state index is -1.42.